The van der Waals surface area contributed by atoms with E-state index in [1.54, 1.807) is 49.6 Å². The van der Waals surface area contributed by atoms with Gasteiger partial charge in [0.25, 0.3) is 5.91 Å². The van der Waals surface area contributed by atoms with E-state index in [2.05, 4.69) is 9.98 Å². The molecule has 0 aromatic heterocycles. The van der Waals surface area contributed by atoms with E-state index in [0.717, 1.165) is 4.90 Å². The van der Waals surface area contributed by atoms with Crippen LogP contribution in [0, 0.1) is 0 Å². The molecule has 0 bridgehead atoms. The minimum atomic E-state index is -0.653. The van der Waals surface area contributed by atoms with Crippen molar-refractivity contribution in [1.82, 2.24) is 0 Å². The third kappa shape index (κ3) is 2.11. The molecule has 0 saturated carbocycles. The summed E-state index contributed by atoms with van der Waals surface area (Å²) in [7, 11) is 1.55. The van der Waals surface area contributed by atoms with Crippen LogP contribution in [0.3, 0.4) is 0 Å². The average molecular weight is 340 g/mol. The van der Waals surface area contributed by atoms with E-state index in [9.17, 15) is 9.59 Å². The van der Waals surface area contributed by atoms with Gasteiger partial charge in [-0.2, -0.15) is 4.99 Å². The number of imide groups is 1. The fraction of sp³-hybridized carbons (Fsp3) is 0.0588. The first kappa shape index (κ1) is 14.6. The van der Waals surface area contributed by atoms with Gasteiger partial charge in [-0.15, -0.1) is 0 Å². The lowest BCUT2D eigenvalue weighted by molar-refractivity contribution is -0.111. The van der Waals surface area contributed by atoms with Crippen LogP contribution in [0.2, 0.25) is 5.02 Å². The number of nitrogens with zero attached hydrogens (tertiary/aromatic N) is 3. The lowest BCUT2D eigenvalue weighted by atomic mass is 10.0. The number of ether oxygens (including phenoxy) is 1. The molecule has 4 rings (SSSR count). The van der Waals surface area contributed by atoms with E-state index >= 15 is 0 Å². The summed E-state index contributed by atoms with van der Waals surface area (Å²) in [5.74, 6) is 0.105. The molecule has 0 spiro atoms. The zero-order valence-corrected chi connectivity index (χ0v) is 13.2. The Labute approximate surface area is 142 Å². The number of hydrogen-bond donors (Lipinski definition) is 0. The number of benzene rings is 2. The number of halogens is 1. The molecule has 24 heavy (non-hydrogen) atoms. The third-order valence-corrected chi connectivity index (χ3v) is 4.06. The Morgan fingerprint density at radius 2 is 1.75 bits per heavy atom. The highest BCUT2D eigenvalue weighted by Crippen LogP contribution is 2.34. The smallest absolute Gasteiger partial charge is 0.355 e. The van der Waals surface area contributed by atoms with Crippen molar-refractivity contribution >= 4 is 46.3 Å². The van der Waals surface area contributed by atoms with Crippen molar-refractivity contribution in [2.75, 3.05) is 12.0 Å². The maximum Gasteiger partial charge on any atom is 0.355 e. The van der Waals surface area contributed by atoms with E-state index in [4.69, 9.17) is 16.3 Å². The molecule has 2 heterocycles. The van der Waals surface area contributed by atoms with Gasteiger partial charge in [-0.25, -0.2) is 14.7 Å². The molecule has 2 aliphatic heterocycles. The predicted molar refractivity (Wildman–Crippen MR) is 91.0 cm³/mol. The largest absolute Gasteiger partial charge is 0.497 e. The Kier molecular flexibility index (Phi) is 3.21. The van der Waals surface area contributed by atoms with Gasteiger partial charge in [0.1, 0.15) is 11.5 Å². The van der Waals surface area contributed by atoms with Gasteiger partial charge >= 0.3 is 6.03 Å². The van der Waals surface area contributed by atoms with E-state index in [-0.39, 0.29) is 5.71 Å². The second kappa shape index (κ2) is 5.28. The highest BCUT2D eigenvalue weighted by molar-refractivity contribution is 6.77. The molecule has 0 atom stereocenters. The zero-order valence-electron chi connectivity index (χ0n) is 12.5. The molecular formula is C17H10ClN3O3. The van der Waals surface area contributed by atoms with Gasteiger partial charge in [-0.1, -0.05) is 11.6 Å². The van der Waals surface area contributed by atoms with Crippen molar-refractivity contribution in [3.8, 4) is 5.75 Å². The number of rotatable bonds is 2. The number of amides is 3. The molecule has 7 heteroatoms. The monoisotopic (exact) mass is 339 g/mol. The fourth-order valence-corrected chi connectivity index (χ4v) is 2.78. The van der Waals surface area contributed by atoms with E-state index in [0.29, 0.717) is 33.4 Å². The molecule has 2 aromatic carbocycles. The summed E-state index contributed by atoms with van der Waals surface area (Å²) < 4.78 is 5.16. The Morgan fingerprint density at radius 3 is 2.46 bits per heavy atom. The van der Waals surface area contributed by atoms with Crippen LogP contribution in [0.5, 0.6) is 5.75 Å². The Bertz CT molecular complexity index is 948. The van der Waals surface area contributed by atoms with Crippen LogP contribution < -0.4 is 9.64 Å². The van der Waals surface area contributed by atoms with Gasteiger partial charge < -0.3 is 4.74 Å². The fourth-order valence-electron chi connectivity index (χ4n) is 2.65. The van der Waals surface area contributed by atoms with Crippen LogP contribution in [0.4, 0.5) is 16.2 Å². The minimum Gasteiger partial charge on any atom is -0.497 e. The van der Waals surface area contributed by atoms with Crippen LogP contribution in [0.25, 0.3) is 0 Å². The van der Waals surface area contributed by atoms with E-state index < -0.39 is 11.9 Å². The number of anilines is 1. The molecule has 3 amide bonds. The van der Waals surface area contributed by atoms with Gasteiger partial charge in [0.05, 0.1) is 18.5 Å². The summed E-state index contributed by atoms with van der Waals surface area (Å²) >= 11 is 5.85. The summed E-state index contributed by atoms with van der Waals surface area (Å²) in [5, 5.41) is 0.512. The van der Waals surface area contributed by atoms with Crippen molar-refractivity contribution in [1.29, 1.82) is 0 Å². The Hall–Kier alpha value is -2.99. The molecule has 2 aromatic rings. The van der Waals surface area contributed by atoms with Crippen LogP contribution in [0.15, 0.2) is 52.4 Å². The molecule has 0 aliphatic carbocycles. The van der Waals surface area contributed by atoms with Crippen LogP contribution in [0.1, 0.15) is 5.56 Å². The standard InChI is InChI=1S/C17H10ClN3O3/c1-24-11-6-7-12-13(8-11)19-15-14(12)20-17(23)21(16(15)22)10-4-2-9(18)3-5-10/h2-8H,1H3. The lowest BCUT2D eigenvalue weighted by Gasteiger charge is -2.22. The lowest BCUT2D eigenvalue weighted by Crippen LogP contribution is -2.46. The molecule has 0 unspecified atom stereocenters. The SMILES string of the molecule is COc1ccc2c(c1)N=C1C(=O)N(c3ccc(Cl)cc3)C(=O)N=C12. The first-order chi connectivity index (χ1) is 11.6. The van der Waals surface area contributed by atoms with E-state index in [1.807, 2.05) is 0 Å². The van der Waals surface area contributed by atoms with Crippen molar-refractivity contribution in [3.63, 3.8) is 0 Å². The van der Waals surface area contributed by atoms with E-state index in [1.165, 1.54) is 0 Å². The van der Waals surface area contributed by atoms with Gasteiger partial charge in [-0.3, -0.25) is 4.79 Å². The van der Waals surface area contributed by atoms with Crippen molar-refractivity contribution < 1.29 is 14.3 Å². The van der Waals surface area contributed by atoms with Crippen molar-refractivity contribution in [2.45, 2.75) is 0 Å². The van der Waals surface area contributed by atoms with Gasteiger partial charge in [0, 0.05) is 16.7 Å². The number of aliphatic imine (C=N–C) groups is 2. The third-order valence-electron chi connectivity index (χ3n) is 3.81. The van der Waals surface area contributed by atoms with Crippen LogP contribution in [-0.4, -0.2) is 30.5 Å². The number of urea groups is 1. The topological polar surface area (TPSA) is 71.3 Å². The molecule has 6 nitrogen and oxygen atoms in total. The van der Waals surface area contributed by atoms with Crippen LogP contribution in [-0.2, 0) is 4.79 Å². The van der Waals surface area contributed by atoms with Crippen molar-refractivity contribution in [2.24, 2.45) is 9.98 Å². The Morgan fingerprint density at radius 1 is 1.00 bits per heavy atom. The summed E-state index contributed by atoms with van der Waals surface area (Å²) in [6.07, 6.45) is 0. The summed E-state index contributed by atoms with van der Waals surface area (Å²) in [4.78, 5) is 34.5. The molecule has 0 saturated heterocycles. The molecule has 0 radical (unpaired) electrons. The molecular weight excluding hydrogens is 330 g/mol. The molecule has 118 valence electrons. The minimum absolute atomic E-state index is 0.146. The second-order valence-corrected chi connectivity index (χ2v) is 5.64. The van der Waals surface area contributed by atoms with Gasteiger partial charge in [0.15, 0.2) is 5.71 Å². The second-order valence-electron chi connectivity index (χ2n) is 5.20. The summed E-state index contributed by atoms with van der Waals surface area (Å²) in [6.45, 7) is 0. The zero-order chi connectivity index (χ0) is 16.8. The van der Waals surface area contributed by atoms with Crippen LogP contribution >= 0.6 is 11.6 Å². The summed E-state index contributed by atoms with van der Waals surface area (Å²) in [6, 6.07) is 10.9. The van der Waals surface area contributed by atoms with Gasteiger partial charge in [0.2, 0.25) is 0 Å². The highest BCUT2D eigenvalue weighted by Gasteiger charge is 2.39. The maximum atomic E-state index is 12.8. The average Bonchev–Trinajstić information content (AvgIpc) is 2.94. The maximum absolute atomic E-state index is 12.8. The normalized spacial score (nSPS) is 15.7. The predicted octanol–water partition coefficient (Wildman–Crippen LogP) is 3.39. The number of hydrogen-bond acceptors (Lipinski definition) is 4. The number of carbonyl (C=O) groups excluding carboxylic acids is 2. The van der Waals surface area contributed by atoms with Gasteiger partial charge in [-0.05, 0) is 36.4 Å². The quantitative estimate of drug-likeness (QED) is 0.842. The molecule has 0 fully saturated rings. The number of carbonyl (C=O) groups is 2. The first-order valence-corrected chi connectivity index (χ1v) is 7.46. The first-order valence-electron chi connectivity index (χ1n) is 7.08. The highest BCUT2D eigenvalue weighted by atomic mass is 35.5. The number of methoxy groups -OCH3 is 1. The number of fused-ring (bicyclic) bond motifs is 3. The molecule has 2 aliphatic rings. The molecule has 0 N–H and O–H groups in total. The van der Waals surface area contributed by atoms with Crippen molar-refractivity contribution in [3.05, 3.63) is 53.1 Å². The summed E-state index contributed by atoms with van der Waals surface area (Å²) in [5.41, 5.74) is 2.04. The Balaban J connectivity index is 1.81.